The van der Waals surface area contributed by atoms with Gasteiger partial charge in [-0.1, -0.05) is 0 Å². The summed E-state index contributed by atoms with van der Waals surface area (Å²) in [7, 11) is 0. The third-order valence-corrected chi connectivity index (χ3v) is 6.15. The fourth-order valence-corrected chi connectivity index (χ4v) is 4.49. The molecule has 3 saturated heterocycles. The van der Waals surface area contributed by atoms with Gasteiger partial charge in [-0.25, -0.2) is 14.4 Å². The summed E-state index contributed by atoms with van der Waals surface area (Å²) < 4.78 is 37.4. The van der Waals surface area contributed by atoms with Crippen molar-refractivity contribution in [2.24, 2.45) is 0 Å². The van der Waals surface area contributed by atoms with Crippen molar-refractivity contribution in [3.8, 4) is 17.1 Å². The van der Waals surface area contributed by atoms with Crippen molar-refractivity contribution < 1.29 is 28.4 Å². The van der Waals surface area contributed by atoms with Crippen LogP contribution in [0.1, 0.15) is 0 Å². The third kappa shape index (κ3) is 3.49. The Bertz CT molecular complexity index is 1120. The minimum absolute atomic E-state index is 0.232. The highest BCUT2D eigenvalue weighted by Gasteiger charge is 2.48. The van der Waals surface area contributed by atoms with Gasteiger partial charge in [-0.05, 0) is 12.1 Å². The van der Waals surface area contributed by atoms with Crippen LogP contribution in [-0.4, -0.2) is 84.0 Å². The highest BCUT2D eigenvalue weighted by Crippen LogP contribution is 2.32. The molecule has 0 amide bonds. The number of aliphatic hydroxyl groups excluding tert-OH is 1. The zero-order valence-corrected chi connectivity index (χ0v) is 17.2. The monoisotopic (exact) mass is 442 g/mol. The Morgan fingerprint density at radius 2 is 1.97 bits per heavy atom. The quantitative estimate of drug-likeness (QED) is 0.627. The normalized spacial score (nSPS) is 27.8. The van der Waals surface area contributed by atoms with Gasteiger partial charge in [0, 0.05) is 37.0 Å². The van der Waals surface area contributed by atoms with Crippen molar-refractivity contribution in [1.29, 1.82) is 0 Å². The molecule has 9 nitrogen and oxygen atoms in total. The molecule has 3 fully saturated rings. The number of pyridine rings is 2. The van der Waals surface area contributed by atoms with E-state index in [0.29, 0.717) is 42.3 Å². The number of aromatic amines is 1. The molecule has 3 aromatic heterocycles. The average molecular weight is 442 g/mol. The van der Waals surface area contributed by atoms with Crippen LogP contribution in [0, 0.1) is 5.82 Å². The summed E-state index contributed by atoms with van der Waals surface area (Å²) in [5, 5.41) is 9.88. The second kappa shape index (κ2) is 7.96. The van der Waals surface area contributed by atoms with Crippen molar-refractivity contribution in [2.45, 2.75) is 24.4 Å². The lowest BCUT2D eigenvalue weighted by Gasteiger charge is -2.27. The first kappa shape index (κ1) is 19.9. The molecule has 168 valence electrons. The summed E-state index contributed by atoms with van der Waals surface area (Å²) in [6, 6.07) is 6.85. The van der Waals surface area contributed by atoms with Gasteiger partial charge in [-0.3, -0.25) is 0 Å². The molecule has 2 N–H and O–H groups in total. The maximum absolute atomic E-state index is 14.8. The topological polar surface area (TPSA) is 102 Å². The molecular weight excluding hydrogens is 419 g/mol. The van der Waals surface area contributed by atoms with E-state index in [9.17, 15) is 9.50 Å². The zero-order chi connectivity index (χ0) is 21.7. The summed E-state index contributed by atoms with van der Waals surface area (Å²) in [6.45, 7) is 3.47. The highest BCUT2D eigenvalue weighted by molar-refractivity contribution is 5.80. The Morgan fingerprint density at radius 3 is 2.78 bits per heavy atom. The van der Waals surface area contributed by atoms with Crippen molar-refractivity contribution >= 4 is 16.9 Å². The first-order valence-corrected chi connectivity index (χ1v) is 10.7. The molecule has 0 aromatic carbocycles. The number of aromatic nitrogens is 3. The van der Waals surface area contributed by atoms with Gasteiger partial charge in [-0.15, -0.1) is 0 Å². The first-order chi connectivity index (χ1) is 15.7. The molecule has 6 heterocycles. The van der Waals surface area contributed by atoms with Crippen LogP contribution in [0.25, 0.3) is 22.3 Å². The Morgan fingerprint density at radius 1 is 1.12 bits per heavy atom. The number of hydrogen-bond donors (Lipinski definition) is 2. The van der Waals surface area contributed by atoms with Crippen molar-refractivity contribution in [2.75, 3.05) is 44.4 Å². The number of anilines is 1. The lowest BCUT2D eigenvalue weighted by molar-refractivity contribution is 0.00794. The number of halogens is 1. The van der Waals surface area contributed by atoms with Gasteiger partial charge in [0.05, 0.1) is 37.5 Å². The van der Waals surface area contributed by atoms with E-state index >= 15 is 0 Å². The highest BCUT2D eigenvalue weighted by atomic mass is 19.1. The molecule has 1 unspecified atom stereocenters. The Kier molecular flexibility index (Phi) is 4.94. The minimum atomic E-state index is -0.641. The molecular formula is C22H23FN4O5. The summed E-state index contributed by atoms with van der Waals surface area (Å²) in [4.78, 5) is 14.2. The number of rotatable bonds is 4. The Labute approximate surface area is 183 Å². The molecule has 0 saturated carbocycles. The maximum atomic E-state index is 14.8. The predicted molar refractivity (Wildman–Crippen MR) is 112 cm³/mol. The molecule has 3 aliphatic heterocycles. The second-order valence-electron chi connectivity index (χ2n) is 8.21. The fraction of sp³-hybridized carbons (Fsp3) is 0.455. The van der Waals surface area contributed by atoms with Crippen LogP contribution in [0.2, 0.25) is 0 Å². The molecule has 10 heteroatoms. The molecule has 3 aliphatic rings. The van der Waals surface area contributed by atoms with E-state index < -0.39 is 11.9 Å². The summed E-state index contributed by atoms with van der Waals surface area (Å²) in [5.74, 6) is 0.842. The molecule has 3 aromatic rings. The molecule has 0 radical (unpaired) electrons. The predicted octanol–water partition coefficient (Wildman–Crippen LogP) is 1.51. The maximum Gasteiger partial charge on any atom is 0.193 e. The van der Waals surface area contributed by atoms with Crippen LogP contribution >= 0.6 is 0 Å². The number of morpholine rings is 1. The van der Waals surface area contributed by atoms with E-state index in [4.69, 9.17) is 18.9 Å². The number of ether oxygens (including phenoxy) is 4. The third-order valence-electron chi connectivity index (χ3n) is 6.15. The van der Waals surface area contributed by atoms with Gasteiger partial charge in [0.15, 0.2) is 17.8 Å². The fourth-order valence-electron chi connectivity index (χ4n) is 4.49. The van der Waals surface area contributed by atoms with Gasteiger partial charge < -0.3 is 33.9 Å². The van der Waals surface area contributed by atoms with Crippen LogP contribution < -0.4 is 9.64 Å². The van der Waals surface area contributed by atoms with E-state index in [-0.39, 0.29) is 30.6 Å². The number of fused-ring (bicyclic) bond motifs is 2. The molecule has 0 spiro atoms. The van der Waals surface area contributed by atoms with Crippen LogP contribution in [0.5, 0.6) is 5.88 Å². The van der Waals surface area contributed by atoms with E-state index in [2.05, 4.69) is 19.9 Å². The van der Waals surface area contributed by atoms with E-state index in [1.54, 1.807) is 12.3 Å². The van der Waals surface area contributed by atoms with Crippen LogP contribution in [0.3, 0.4) is 0 Å². The van der Waals surface area contributed by atoms with Crippen molar-refractivity contribution in [3.05, 3.63) is 36.3 Å². The number of nitrogens with zero attached hydrogens (tertiary/aromatic N) is 3. The van der Waals surface area contributed by atoms with E-state index in [1.165, 1.54) is 6.07 Å². The van der Waals surface area contributed by atoms with Gasteiger partial charge >= 0.3 is 0 Å². The van der Waals surface area contributed by atoms with Gasteiger partial charge in [-0.2, -0.15) is 0 Å². The summed E-state index contributed by atoms with van der Waals surface area (Å²) in [5.41, 5.74) is 1.94. The lowest BCUT2D eigenvalue weighted by atomic mass is 10.1. The van der Waals surface area contributed by atoms with E-state index in [0.717, 1.165) is 18.9 Å². The van der Waals surface area contributed by atoms with Crippen LogP contribution in [0.15, 0.2) is 30.5 Å². The summed E-state index contributed by atoms with van der Waals surface area (Å²) in [6.07, 6.45) is -0.0539. The Balaban J connectivity index is 1.23. The minimum Gasteiger partial charge on any atom is -0.470 e. The second-order valence-corrected chi connectivity index (χ2v) is 8.21. The SMILES string of the molecule is O[C@@H]1CO[C@H]2C1OC[C@H]2Oc1cc2nc(-c3ccc(N4CCOCC4)nc3)c(F)cc2[nH]1. The Hall–Kier alpha value is -2.79. The molecule has 32 heavy (non-hydrogen) atoms. The first-order valence-electron chi connectivity index (χ1n) is 10.7. The van der Waals surface area contributed by atoms with Gasteiger partial charge in [0.25, 0.3) is 0 Å². The zero-order valence-electron chi connectivity index (χ0n) is 17.2. The smallest absolute Gasteiger partial charge is 0.193 e. The number of hydrogen-bond acceptors (Lipinski definition) is 8. The van der Waals surface area contributed by atoms with Gasteiger partial charge in [0.1, 0.15) is 29.8 Å². The number of nitrogens with one attached hydrogen (secondary N) is 1. The average Bonchev–Trinajstić information content (AvgIpc) is 3.51. The standard InChI is InChI=1S/C22H23FN4O5/c23-13-7-14-15(8-19(25-14)32-17-11-31-21-16(28)10-30-22(17)21)26-20(13)12-1-2-18(24-9-12)27-3-5-29-6-4-27/h1-2,7-9,16-17,21-22,25,28H,3-6,10-11H2/t16-,17-,21?,22-/m1/s1. The van der Waals surface area contributed by atoms with Gasteiger partial charge in [0.2, 0.25) is 0 Å². The number of H-pyrrole nitrogens is 1. The van der Waals surface area contributed by atoms with Crippen LogP contribution in [0.4, 0.5) is 10.2 Å². The summed E-state index contributed by atoms with van der Waals surface area (Å²) >= 11 is 0. The molecule has 0 aliphatic carbocycles. The number of aliphatic hydroxyl groups is 1. The lowest BCUT2D eigenvalue weighted by Crippen LogP contribution is -2.36. The van der Waals surface area contributed by atoms with Crippen molar-refractivity contribution in [1.82, 2.24) is 15.0 Å². The van der Waals surface area contributed by atoms with Crippen LogP contribution in [-0.2, 0) is 14.2 Å². The molecule has 0 bridgehead atoms. The molecule has 4 atom stereocenters. The van der Waals surface area contributed by atoms with E-state index in [1.807, 2.05) is 12.1 Å². The molecule has 6 rings (SSSR count). The van der Waals surface area contributed by atoms with Crippen molar-refractivity contribution in [3.63, 3.8) is 0 Å². The largest absolute Gasteiger partial charge is 0.470 e.